The van der Waals surface area contributed by atoms with E-state index in [0.29, 0.717) is 10.7 Å². The van der Waals surface area contributed by atoms with Crippen LogP contribution in [0.2, 0.25) is 10.0 Å². The van der Waals surface area contributed by atoms with Gasteiger partial charge in [0.25, 0.3) is 5.91 Å². The highest BCUT2D eigenvalue weighted by Crippen LogP contribution is 2.31. The topological polar surface area (TPSA) is 84.5 Å². The quantitative estimate of drug-likeness (QED) is 0.690. The van der Waals surface area contributed by atoms with Crippen LogP contribution in [0.4, 0.5) is 5.69 Å². The first-order valence-corrected chi connectivity index (χ1v) is 11.0. The van der Waals surface area contributed by atoms with Crippen LogP contribution in [0.3, 0.4) is 0 Å². The molecule has 28 heavy (non-hydrogen) atoms. The number of hydrogen-bond acceptors (Lipinski definition) is 4. The number of anilines is 1. The van der Waals surface area contributed by atoms with Crippen molar-refractivity contribution in [2.75, 3.05) is 12.4 Å². The summed E-state index contributed by atoms with van der Waals surface area (Å²) in [6, 6.07) is 9.00. The lowest BCUT2D eigenvalue weighted by molar-refractivity contribution is 0.102. The normalized spacial score (nSPS) is 14.8. The first-order valence-electron chi connectivity index (χ1n) is 8.77. The summed E-state index contributed by atoms with van der Waals surface area (Å²) in [7, 11) is -2.45. The molecule has 3 rings (SSSR count). The predicted octanol–water partition coefficient (Wildman–Crippen LogP) is 4.48. The van der Waals surface area contributed by atoms with Gasteiger partial charge in [0.15, 0.2) is 0 Å². The van der Waals surface area contributed by atoms with Crippen LogP contribution in [-0.2, 0) is 10.0 Å². The minimum Gasteiger partial charge on any atom is -0.495 e. The van der Waals surface area contributed by atoms with Gasteiger partial charge in [-0.1, -0.05) is 42.1 Å². The maximum Gasteiger partial charge on any atom is 0.255 e. The number of hydrogen-bond donors (Lipinski definition) is 2. The average molecular weight is 443 g/mol. The summed E-state index contributed by atoms with van der Waals surface area (Å²) in [5.74, 6) is -0.341. The molecular weight excluding hydrogens is 423 g/mol. The molecule has 0 atom stereocenters. The van der Waals surface area contributed by atoms with Gasteiger partial charge >= 0.3 is 0 Å². The summed E-state index contributed by atoms with van der Waals surface area (Å²) in [5, 5.41) is 3.16. The lowest BCUT2D eigenvalue weighted by Crippen LogP contribution is -2.33. The van der Waals surface area contributed by atoms with Gasteiger partial charge in [0.2, 0.25) is 10.0 Å². The van der Waals surface area contributed by atoms with E-state index >= 15 is 0 Å². The first-order chi connectivity index (χ1) is 13.3. The standard InChI is InChI=1S/C19H20Cl2N2O4S/c1-27-16-10-9-12(19(24)22-15-8-4-7-14(20)18(15)21)11-17(16)28(25,26)23-13-5-2-3-6-13/h4,7-11,13,23H,2-3,5-6H2,1H3,(H,22,24). The van der Waals surface area contributed by atoms with Crippen LogP contribution in [0, 0.1) is 0 Å². The molecule has 2 N–H and O–H groups in total. The van der Waals surface area contributed by atoms with Crippen molar-refractivity contribution in [2.24, 2.45) is 0 Å². The molecule has 0 heterocycles. The van der Waals surface area contributed by atoms with Gasteiger partial charge in [-0.2, -0.15) is 0 Å². The fourth-order valence-electron chi connectivity index (χ4n) is 3.15. The molecule has 1 fully saturated rings. The average Bonchev–Trinajstić information content (AvgIpc) is 3.17. The Morgan fingerprint density at radius 3 is 2.54 bits per heavy atom. The van der Waals surface area contributed by atoms with Crippen molar-refractivity contribution in [1.29, 1.82) is 0 Å². The lowest BCUT2D eigenvalue weighted by Gasteiger charge is -2.16. The van der Waals surface area contributed by atoms with E-state index in [0.717, 1.165) is 25.7 Å². The number of carbonyl (C=O) groups excluding carboxylic acids is 1. The number of sulfonamides is 1. The second-order valence-corrected chi connectivity index (χ2v) is 8.99. The van der Waals surface area contributed by atoms with Gasteiger partial charge in [0.1, 0.15) is 10.6 Å². The van der Waals surface area contributed by atoms with Crippen LogP contribution in [0.1, 0.15) is 36.0 Å². The van der Waals surface area contributed by atoms with Gasteiger partial charge in [0, 0.05) is 11.6 Å². The Bertz CT molecular complexity index is 989. The van der Waals surface area contributed by atoms with Crippen molar-refractivity contribution < 1.29 is 17.9 Å². The third kappa shape index (κ3) is 4.60. The maximum absolute atomic E-state index is 12.8. The molecule has 6 nitrogen and oxygen atoms in total. The summed E-state index contributed by atoms with van der Waals surface area (Å²) in [6.45, 7) is 0. The molecule has 1 saturated carbocycles. The number of halogens is 2. The van der Waals surface area contributed by atoms with Gasteiger partial charge in [0.05, 0.1) is 22.8 Å². The lowest BCUT2D eigenvalue weighted by atomic mass is 10.2. The van der Waals surface area contributed by atoms with E-state index in [2.05, 4.69) is 10.0 Å². The molecule has 1 amide bonds. The third-order valence-corrected chi connectivity index (χ3v) is 6.95. The number of benzene rings is 2. The van der Waals surface area contributed by atoms with Gasteiger partial charge in [-0.05, 0) is 43.2 Å². The number of nitrogens with one attached hydrogen (secondary N) is 2. The van der Waals surface area contributed by atoms with Crippen molar-refractivity contribution in [3.63, 3.8) is 0 Å². The Morgan fingerprint density at radius 1 is 1.14 bits per heavy atom. The molecule has 1 aliphatic rings. The SMILES string of the molecule is COc1ccc(C(=O)Nc2cccc(Cl)c2Cl)cc1S(=O)(=O)NC1CCCC1. The Kier molecular flexibility index (Phi) is 6.50. The van der Waals surface area contributed by atoms with Crippen LogP contribution in [0.25, 0.3) is 0 Å². The van der Waals surface area contributed by atoms with E-state index in [9.17, 15) is 13.2 Å². The van der Waals surface area contributed by atoms with Crippen LogP contribution in [0.15, 0.2) is 41.3 Å². The van der Waals surface area contributed by atoms with Crippen molar-refractivity contribution in [2.45, 2.75) is 36.6 Å². The Morgan fingerprint density at radius 2 is 1.86 bits per heavy atom. The zero-order chi connectivity index (χ0) is 20.3. The minimum atomic E-state index is -3.83. The highest BCUT2D eigenvalue weighted by molar-refractivity contribution is 7.89. The largest absolute Gasteiger partial charge is 0.495 e. The summed E-state index contributed by atoms with van der Waals surface area (Å²) in [6.07, 6.45) is 3.59. The molecular formula is C19H20Cl2N2O4S. The second-order valence-electron chi connectivity index (χ2n) is 6.52. The molecule has 2 aromatic rings. The fraction of sp³-hybridized carbons (Fsp3) is 0.316. The number of carbonyl (C=O) groups is 1. The summed E-state index contributed by atoms with van der Waals surface area (Å²) >= 11 is 12.1. The molecule has 0 aliphatic heterocycles. The Labute approximate surface area is 174 Å². The van der Waals surface area contributed by atoms with Gasteiger partial charge in [-0.25, -0.2) is 13.1 Å². The molecule has 9 heteroatoms. The highest BCUT2D eigenvalue weighted by atomic mass is 35.5. The number of amides is 1. The molecule has 0 saturated heterocycles. The molecule has 0 radical (unpaired) electrons. The Balaban J connectivity index is 1.89. The maximum atomic E-state index is 12.8. The highest BCUT2D eigenvalue weighted by Gasteiger charge is 2.26. The van der Waals surface area contributed by atoms with Crippen molar-refractivity contribution >= 4 is 44.8 Å². The Hall–Kier alpha value is -1.80. The molecule has 1 aliphatic carbocycles. The summed E-state index contributed by atoms with van der Waals surface area (Å²) < 4.78 is 33.6. The molecule has 2 aromatic carbocycles. The minimum absolute atomic E-state index is 0.0771. The predicted molar refractivity (Wildman–Crippen MR) is 110 cm³/mol. The van der Waals surface area contributed by atoms with Crippen LogP contribution >= 0.6 is 23.2 Å². The van der Waals surface area contributed by atoms with Gasteiger partial charge < -0.3 is 10.1 Å². The van der Waals surface area contributed by atoms with E-state index < -0.39 is 15.9 Å². The van der Waals surface area contributed by atoms with Crippen LogP contribution in [0.5, 0.6) is 5.75 Å². The van der Waals surface area contributed by atoms with E-state index in [1.165, 1.54) is 25.3 Å². The van der Waals surface area contributed by atoms with Crippen LogP contribution in [-0.4, -0.2) is 27.5 Å². The molecule has 0 aromatic heterocycles. The monoisotopic (exact) mass is 442 g/mol. The molecule has 0 unspecified atom stereocenters. The van der Waals surface area contributed by atoms with E-state index in [4.69, 9.17) is 27.9 Å². The van der Waals surface area contributed by atoms with E-state index in [-0.39, 0.29) is 27.3 Å². The third-order valence-electron chi connectivity index (χ3n) is 4.59. The zero-order valence-electron chi connectivity index (χ0n) is 15.2. The van der Waals surface area contributed by atoms with E-state index in [1.807, 2.05) is 0 Å². The molecule has 0 spiro atoms. The zero-order valence-corrected chi connectivity index (χ0v) is 17.5. The van der Waals surface area contributed by atoms with Gasteiger partial charge in [-0.15, -0.1) is 0 Å². The van der Waals surface area contributed by atoms with Crippen molar-refractivity contribution in [3.8, 4) is 5.75 Å². The second kappa shape index (κ2) is 8.69. The fourth-order valence-corrected chi connectivity index (χ4v) is 5.00. The number of rotatable bonds is 6. The smallest absolute Gasteiger partial charge is 0.255 e. The van der Waals surface area contributed by atoms with Crippen molar-refractivity contribution in [3.05, 3.63) is 52.0 Å². The van der Waals surface area contributed by atoms with Crippen LogP contribution < -0.4 is 14.8 Å². The van der Waals surface area contributed by atoms with Crippen molar-refractivity contribution in [1.82, 2.24) is 4.72 Å². The summed E-state index contributed by atoms with van der Waals surface area (Å²) in [5.41, 5.74) is 0.493. The number of ether oxygens (including phenoxy) is 1. The molecule has 150 valence electrons. The molecule has 0 bridgehead atoms. The van der Waals surface area contributed by atoms with E-state index in [1.54, 1.807) is 18.2 Å². The number of methoxy groups -OCH3 is 1. The first kappa shape index (κ1) is 20.9. The van der Waals surface area contributed by atoms with Gasteiger partial charge in [-0.3, -0.25) is 4.79 Å². The summed E-state index contributed by atoms with van der Waals surface area (Å²) in [4.78, 5) is 12.6.